The van der Waals surface area contributed by atoms with Crippen molar-refractivity contribution in [3.05, 3.63) is 23.8 Å². The minimum absolute atomic E-state index is 0. The molecule has 122 valence electrons. The Bertz CT molecular complexity index is 352. The molecule has 0 atom stereocenters. The summed E-state index contributed by atoms with van der Waals surface area (Å²) < 4.78 is 0. The summed E-state index contributed by atoms with van der Waals surface area (Å²) in [6.45, 7) is 6.66. The summed E-state index contributed by atoms with van der Waals surface area (Å²) in [7, 11) is 0.300. The number of unbranched alkanes of at least 4 members (excludes halogenated alkanes) is 3. The van der Waals surface area contributed by atoms with E-state index in [9.17, 15) is 0 Å². The lowest BCUT2D eigenvalue weighted by Crippen LogP contribution is -1.99. The smallest absolute Gasteiger partial charge is 0.128 e. The van der Waals surface area contributed by atoms with Crippen LogP contribution in [0.4, 0.5) is 0 Å². The Labute approximate surface area is 138 Å². The molecule has 0 amide bonds. The minimum atomic E-state index is 0. The molecule has 0 saturated heterocycles. The molecule has 0 N–H and O–H groups in total. The summed E-state index contributed by atoms with van der Waals surface area (Å²) >= 11 is 0. The Morgan fingerprint density at radius 2 is 1.57 bits per heavy atom. The van der Waals surface area contributed by atoms with E-state index in [-0.39, 0.29) is 12.4 Å². The maximum atomic E-state index is 4.48. The van der Waals surface area contributed by atoms with Crippen LogP contribution in [-0.2, 0) is 6.42 Å². The standard InChI is InChI=1S/C17H31N2P.ClH/c1-4-6-13-20(14-7-5-2)15-9-8-10-17-18-12-11-16(3)19-17;/h11-12H,4-10,13-15H2,1-3H3;1H. The Morgan fingerprint density at radius 1 is 0.952 bits per heavy atom. The van der Waals surface area contributed by atoms with Crippen molar-refractivity contribution in [1.29, 1.82) is 0 Å². The maximum Gasteiger partial charge on any atom is 0.128 e. The van der Waals surface area contributed by atoms with Crippen LogP contribution in [0.3, 0.4) is 0 Å². The van der Waals surface area contributed by atoms with Crippen LogP contribution in [0, 0.1) is 6.92 Å². The van der Waals surface area contributed by atoms with Crippen molar-refractivity contribution in [2.24, 2.45) is 0 Å². The molecule has 0 aliphatic heterocycles. The van der Waals surface area contributed by atoms with E-state index >= 15 is 0 Å². The van der Waals surface area contributed by atoms with Crippen molar-refractivity contribution in [2.45, 2.75) is 65.7 Å². The molecule has 0 aliphatic carbocycles. The van der Waals surface area contributed by atoms with Gasteiger partial charge in [0.2, 0.25) is 0 Å². The lowest BCUT2D eigenvalue weighted by molar-refractivity contribution is 0.748. The summed E-state index contributed by atoms with van der Waals surface area (Å²) in [5, 5.41) is 0. The maximum absolute atomic E-state index is 4.48. The Balaban J connectivity index is 0.00000400. The molecule has 1 aromatic rings. The van der Waals surface area contributed by atoms with Crippen LogP contribution in [0.2, 0.25) is 0 Å². The number of hydrogen-bond acceptors (Lipinski definition) is 2. The van der Waals surface area contributed by atoms with Crippen molar-refractivity contribution < 1.29 is 0 Å². The van der Waals surface area contributed by atoms with Crippen LogP contribution in [0.15, 0.2) is 12.3 Å². The number of halogens is 1. The van der Waals surface area contributed by atoms with Gasteiger partial charge < -0.3 is 0 Å². The van der Waals surface area contributed by atoms with Gasteiger partial charge in [0.05, 0.1) is 0 Å². The van der Waals surface area contributed by atoms with E-state index in [1.807, 2.05) is 19.2 Å². The van der Waals surface area contributed by atoms with E-state index in [1.165, 1.54) is 57.0 Å². The zero-order valence-electron chi connectivity index (χ0n) is 14.0. The molecular formula is C17H32ClN2P. The van der Waals surface area contributed by atoms with Gasteiger partial charge in [0, 0.05) is 18.3 Å². The average molecular weight is 331 g/mol. The van der Waals surface area contributed by atoms with Gasteiger partial charge in [0.25, 0.3) is 0 Å². The molecule has 21 heavy (non-hydrogen) atoms. The molecule has 4 heteroatoms. The van der Waals surface area contributed by atoms with E-state index < -0.39 is 0 Å². The molecule has 1 heterocycles. The first-order valence-corrected chi connectivity index (χ1v) is 10.2. The van der Waals surface area contributed by atoms with Gasteiger partial charge >= 0.3 is 0 Å². The summed E-state index contributed by atoms with van der Waals surface area (Å²) in [6, 6.07) is 1.97. The second-order valence-corrected chi connectivity index (χ2v) is 8.30. The monoisotopic (exact) mass is 330 g/mol. The quantitative estimate of drug-likeness (QED) is 0.389. The molecule has 1 aromatic heterocycles. The largest absolute Gasteiger partial charge is 0.241 e. The second-order valence-electron chi connectivity index (χ2n) is 5.62. The molecule has 0 fully saturated rings. The molecule has 0 saturated carbocycles. The minimum Gasteiger partial charge on any atom is -0.241 e. The van der Waals surface area contributed by atoms with Crippen molar-refractivity contribution in [3.8, 4) is 0 Å². The average Bonchev–Trinajstić information content (AvgIpc) is 2.45. The molecule has 2 nitrogen and oxygen atoms in total. The van der Waals surface area contributed by atoms with Crippen LogP contribution in [0.1, 0.15) is 63.9 Å². The fourth-order valence-electron chi connectivity index (χ4n) is 2.34. The number of hydrogen-bond donors (Lipinski definition) is 0. The fourth-order valence-corrected chi connectivity index (χ4v) is 5.21. The van der Waals surface area contributed by atoms with Gasteiger partial charge in [-0.05, 0) is 57.2 Å². The third-order valence-corrected chi connectivity index (χ3v) is 6.47. The van der Waals surface area contributed by atoms with Gasteiger partial charge in [-0.25, -0.2) is 9.97 Å². The Kier molecular flexibility index (Phi) is 13.3. The van der Waals surface area contributed by atoms with Crippen LogP contribution < -0.4 is 0 Å². The van der Waals surface area contributed by atoms with Crippen molar-refractivity contribution in [1.82, 2.24) is 9.97 Å². The third-order valence-electron chi connectivity index (χ3n) is 3.63. The Hall–Kier alpha value is -0.200. The first kappa shape index (κ1) is 20.8. The first-order chi connectivity index (χ1) is 9.76. The topological polar surface area (TPSA) is 25.8 Å². The summed E-state index contributed by atoms with van der Waals surface area (Å²) in [5.74, 6) is 1.02. The summed E-state index contributed by atoms with van der Waals surface area (Å²) in [6.07, 6.45) is 15.5. The second kappa shape index (κ2) is 13.5. The lowest BCUT2D eigenvalue weighted by atomic mass is 10.2. The van der Waals surface area contributed by atoms with Gasteiger partial charge in [0.15, 0.2) is 0 Å². The highest BCUT2D eigenvalue weighted by Crippen LogP contribution is 2.38. The molecule has 1 rings (SSSR count). The van der Waals surface area contributed by atoms with E-state index in [4.69, 9.17) is 0 Å². The van der Waals surface area contributed by atoms with Gasteiger partial charge in [-0.3, -0.25) is 0 Å². The summed E-state index contributed by atoms with van der Waals surface area (Å²) in [4.78, 5) is 8.83. The van der Waals surface area contributed by atoms with Crippen LogP contribution in [0.5, 0.6) is 0 Å². The molecule has 0 bridgehead atoms. The SMILES string of the molecule is CCCCP(CCCC)CCCCc1nccc(C)n1.Cl. The van der Waals surface area contributed by atoms with E-state index in [0.717, 1.165) is 17.9 Å². The van der Waals surface area contributed by atoms with Crippen LogP contribution in [0.25, 0.3) is 0 Å². The molecule has 0 aromatic carbocycles. The van der Waals surface area contributed by atoms with Gasteiger partial charge in [-0.15, -0.1) is 20.3 Å². The predicted octanol–water partition coefficient (Wildman–Crippen LogP) is 5.61. The fraction of sp³-hybridized carbons (Fsp3) is 0.765. The lowest BCUT2D eigenvalue weighted by Gasteiger charge is -2.17. The third kappa shape index (κ3) is 10.2. The first-order valence-electron chi connectivity index (χ1n) is 8.27. The number of nitrogens with zero attached hydrogens (tertiary/aromatic N) is 2. The number of rotatable bonds is 11. The van der Waals surface area contributed by atoms with Gasteiger partial charge in [0.1, 0.15) is 5.82 Å². The van der Waals surface area contributed by atoms with Crippen molar-refractivity contribution in [2.75, 3.05) is 18.5 Å². The number of aromatic nitrogens is 2. The van der Waals surface area contributed by atoms with Crippen LogP contribution in [-0.4, -0.2) is 28.5 Å². The predicted molar refractivity (Wildman–Crippen MR) is 98.3 cm³/mol. The van der Waals surface area contributed by atoms with Gasteiger partial charge in [-0.2, -0.15) is 0 Å². The Morgan fingerprint density at radius 3 is 2.14 bits per heavy atom. The molecular weight excluding hydrogens is 299 g/mol. The molecule has 0 spiro atoms. The normalized spacial score (nSPS) is 10.7. The van der Waals surface area contributed by atoms with Crippen molar-refractivity contribution >= 4 is 20.3 Å². The summed E-state index contributed by atoms with van der Waals surface area (Å²) in [5.41, 5.74) is 1.09. The molecule has 0 radical (unpaired) electrons. The zero-order valence-corrected chi connectivity index (χ0v) is 15.7. The van der Waals surface area contributed by atoms with Gasteiger partial charge in [-0.1, -0.05) is 26.7 Å². The van der Waals surface area contributed by atoms with E-state index in [2.05, 4.69) is 23.8 Å². The van der Waals surface area contributed by atoms with E-state index in [1.54, 1.807) is 0 Å². The molecule has 0 unspecified atom stereocenters. The molecule has 0 aliphatic rings. The zero-order chi connectivity index (χ0) is 14.6. The van der Waals surface area contributed by atoms with Crippen molar-refractivity contribution in [3.63, 3.8) is 0 Å². The van der Waals surface area contributed by atoms with Crippen LogP contribution >= 0.6 is 20.3 Å². The van der Waals surface area contributed by atoms with E-state index in [0.29, 0.717) is 7.92 Å². The number of aryl methyl sites for hydroxylation is 2. The highest BCUT2D eigenvalue weighted by atomic mass is 35.5. The highest BCUT2D eigenvalue weighted by Gasteiger charge is 2.07. The highest BCUT2D eigenvalue weighted by molar-refractivity contribution is 7.57.